The zero-order chi connectivity index (χ0) is 23.3. The predicted molar refractivity (Wildman–Crippen MR) is 127 cm³/mol. The quantitative estimate of drug-likeness (QED) is 0.430. The number of benzene rings is 1. The van der Waals surface area contributed by atoms with Crippen LogP contribution >= 0.6 is 11.3 Å². The molecule has 1 saturated heterocycles. The summed E-state index contributed by atoms with van der Waals surface area (Å²) in [5.74, 6) is -0.755. The lowest BCUT2D eigenvalue weighted by Crippen LogP contribution is -2.62. The van der Waals surface area contributed by atoms with Crippen LogP contribution in [0.15, 0.2) is 64.6 Å². The van der Waals surface area contributed by atoms with Crippen molar-refractivity contribution in [3.8, 4) is 11.3 Å². The Morgan fingerprint density at radius 1 is 1.24 bits per heavy atom. The number of aromatic nitrogens is 1. The average Bonchev–Trinajstić information content (AvgIpc) is 3.47. The van der Waals surface area contributed by atoms with E-state index in [-0.39, 0.29) is 17.6 Å². The minimum Gasteiger partial charge on any atom is -0.464 e. The van der Waals surface area contributed by atoms with Gasteiger partial charge in [-0.1, -0.05) is 12.1 Å². The number of hydrogen-bond acceptors (Lipinski definition) is 6. The smallest absolute Gasteiger partial charge is 0.239 e. The fourth-order valence-corrected chi connectivity index (χ4v) is 5.38. The highest BCUT2D eigenvalue weighted by Gasteiger charge is 2.49. The van der Waals surface area contributed by atoms with Crippen LogP contribution in [-0.4, -0.2) is 34.6 Å². The van der Waals surface area contributed by atoms with Crippen LogP contribution in [0.25, 0.3) is 22.2 Å². The van der Waals surface area contributed by atoms with Gasteiger partial charge in [-0.3, -0.25) is 19.9 Å². The molecule has 4 aromatic rings. The molecular weight excluding hydrogens is 436 g/mol. The van der Waals surface area contributed by atoms with Gasteiger partial charge in [0.15, 0.2) is 11.7 Å². The number of rotatable bonds is 4. The van der Waals surface area contributed by atoms with Crippen molar-refractivity contribution < 1.29 is 14.0 Å². The molecule has 166 valence electrons. The number of carbonyl (C=O) groups is 2. The highest BCUT2D eigenvalue weighted by Crippen LogP contribution is 2.44. The largest absolute Gasteiger partial charge is 0.464 e. The predicted octanol–water partition coefficient (Wildman–Crippen LogP) is 4.75. The Kier molecular flexibility index (Phi) is 4.90. The van der Waals surface area contributed by atoms with Crippen LogP contribution < -0.4 is 5.32 Å². The zero-order valence-electron chi connectivity index (χ0n) is 18.4. The van der Waals surface area contributed by atoms with E-state index in [0.29, 0.717) is 11.4 Å². The summed E-state index contributed by atoms with van der Waals surface area (Å²) in [5.41, 5.74) is 2.72. The van der Waals surface area contributed by atoms with Gasteiger partial charge in [-0.25, -0.2) is 4.98 Å². The molecule has 3 aromatic heterocycles. The van der Waals surface area contributed by atoms with Crippen molar-refractivity contribution in [3.63, 3.8) is 0 Å². The Morgan fingerprint density at radius 2 is 2.06 bits per heavy atom. The van der Waals surface area contributed by atoms with Gasteiger partial charge in [0.1, 0.15) is 11.3 Å². The van der Waals surface area contributed by atoms with E-state index in [2.05, 4.69) is 10.3 Å². The summed E-state index contributed by atoms with van der Waals surface area (Å²) in [7, 11) is 1.61. The topological polar surface area (TPSA) is 99.3 Å². The summed E-state index contributed by atoms with van der Waals surface area (Å²) >= 11 is 1.50. The Morgan fingerprint density at radius 3 is 2.85 bits per heavy atom. The highest BCUT2D eigenvalue weighted by molar-refractivity contribution is 7.10. The fraction of sp³-hybridized carbons (Fsp3) is 0.200. The molecule has 2 N–H and O–H groups in total. The fourth-order valence-electron chi connectivity index (χ4n) is 4.33. The third kappa shape index (κ3) is 3.43. The maximum absolute atomic E-state index is 13.5. The number of carbonyl (C=O) groups excluding carboxylic acids is 2. The number of furan rings is 1. The number of pyridine rings is 1. The number of likely N-dealkylation sites (N-methyl/N-ethyl adjacent to an activating group) is 1. The third-order valence-corrected chi connectivity index (χ3v) is 7.36. The molecule has 1 fully saturated rings. The van der Waals surface area contributed by atoms with Crippen LogP contribution in [0.4, 0.5) is 0 Å². The molecule has 33 heavy (non-hydrogen) atoms. The van der Waals surface area contributed by atoms with Crippen molar-refractivity contribution in [3.05, 3.63) is 76.3 Å². The maximum Gasteiger partial charge on any atom is 0.239 e. The Hall–Kier alpha value is -3.78. The second-order valence-electron chi connectivity index (χ2n) is 8.39. The minimum absolute atomic E-state index is 0.0507. The number of guanidine groups is 1. The van der Waals surface area contributed by atoms with Gasteiger partial charge in [-0.05, 0) is 48.9 Å². The number of Topliss-reactive ketones (excluding diaryl/α,β-unsaturated/α-hetero) is 1. The first kappa shape index (κ1) is 21.1. The first-order valence-electron chi connectivity index (χ1n) is 10.5. The summed E-state index contributed by atoms with van der Waals surface area (Å²) in [6.45, 7) is 3.44. The van der Waals surface area contributed by atoms with E-state index >= 15 is 0 Å². The van der Waals surface area contributed by atoms with Crippen molar-refractivity contribution in [1.82, 2.24) is 15.2 Å². The molecule has 8 heteroatoms. The second kappa shape index (κ2) is 7.67. The Labute approximate surface area is 194 Å². The molecule has 1 aliphatic heterocycles. The van der Waals surface area contributed by atoms with Crippen molar-refractivity contribution in [2.45, 2.75) is 25.3 Å². The van der Waals surface area contributed by atoms with E-state index < -0.39 is 11.5 Å². The lowest BCUT2D eigenvalue weighted by molar-refractivity contribution is -0.131. The van der Waals surface area contributed by atoms with E-state index in [1.165, 1.54) is 23.2 Å². The number of ketones is 1. The van der Waals surface area contributed by atoms with E-state index in [4.69, 9.17) is 9.83 Å². The standard InChI is InChI=1S/C25H22N4O3S/c1-14(30)18-5-4-6-19(27-18)17-12-21(33-13-17)25(2)22(23(31)29(3)24(26)28-25)16-7-8-20-15(11-16)9-10-32-20/h4-13,22H,1-3H3,(H2,26,28)/t22-,25-/m1/s1. The molecule has 0 saturated carbocycles. The monoisotopic (exact) mass is 458 g/mol. The molecule has 0 aliphatic carbocycles. The molecule has 1 aliphatic rings. The number of nitrogens with zero attached hydrogens (tertiary/aromatic N) is 2. The van der Waals surface area contributed by atoms with Crippen LogP contribution in [0.2, 0.25) is 0 Å². The summed E-state index contributed by atoms with van der Waals surface area (Å²) in [5, 5.41) is 14.5. The minimum atomic E-state index is -0.848. The van der Waals surface area contributed by atoms with Gasteiger partial charge >= 0.3 is 0 Å². The zero-order valence-corrected chi connectivity index (χ0v) is 19.2. The van der Waals surface area contributed by atoms with Gasteiger partial charge in [0.25, 0.3) is 0 Å². The molecule has 0 spiro atoms. The molecule has 4 heterocycles. The van der Waals surface area contributed by atoms with Gasteiger partial charge in [0.2, 0.25) is 5.91 Å². The lowest BCUT2D eigenvalue weighted by atomic mass is 9.76. The van der Waals surface area contributed by atoms with Gasteiger partial charge in [0.05, 0.1) is 23.4 Å². The third-order valence-electron chi connectivity index (χ3n) is 6.20. The highest BCUT2D eigenvalue weighted by atomic mass is 32.1. The van der Waals surface area contributed by atoms with Gasteiger partial charge < -0.3 is 9.73 Å². The van der Waals surface area contributed by atoms with E-state index in [9.17, 15) is 9.59 Å². The van der Waals surface area contributed by atoms with Gasteiger partial charge in [-0.2, -0.15) is 0 Å². The summed E-state index contributed by atoms with van der Waals surface area (Å²) in [4.78, 5) is 32.0. The molecule has 1 amide bonds. The molecule has 5 rings (SSSR count). The molecule has 1 aromatic carbocycles. The van der Waals surface area contributed by atoms with Crippen molar-refractivity contribution in [2.75, 3.05) is 7.05 Å². The van der Waals surface area contributed by atoms with Crippen molar-refractivity contribution >= 4 is 40.0 Å². The van der Waals surface area contributed by atoms with E-state index in [1.807, 2.05) is 54.8 Å². The maximum atomic E-state index is 13.5. The van der Waals surface area contributed by atoms with Crippen LogP contribution in [0, 0.1) is 5.41 Å². The number of nitrogens with one attached hydrogen (secondary N) is 2. The number of hydrogen-bond donors (Lipinski definition) is 2. The van der Waals surface area contributed by atoms with Crippen LogP contribution in [0.5, 0.6) is 0 Å². The molecule has 0 radical (unpaired) electrons. The molecule has 0 bridgehead atoms. The van der Waals surface area contributed by atoms with E-state index in [0.717, 1.165) is 27.0 Å². The van der Waals surface area contributed by atoms with Crippen molar-refractivity contribution in [2.24, 2.45) is 0 Å². The number of thiophene rings is 1. The summed E-state index contributed by atoms with van der Waals surface area (Å²) < 4.78 is 5.47. The summed E-state index contributed by atoms with van der Waals surface area (Å²) in [6.07, 6.45) is 1.63. The van der Waals surface area contributed by atoms with Gasteiger partial charge in [-0.15, -0.1) is 11.3 Å². The van der Waals surface area contributed by atoms with Gasteiger partial charge in [0, 0.05) is 35.2 Å². The Bertz CT molecular complexity index is 1420. The normalized spacial score (nSPS) is 20.8. The van der Waals surface area contributed by atoms with Crippen LogP contribution in [-0.2, 0) is 10.3 Å². The molecular formula is C25H22N4O3S. The SMILES string of the molecule is CC(=O)c1cccc(-c2csc([C@@]3(C)NC(=N)N(C)C(=O)[C@H]3c3ccc4occc4c3)c2)n1. The first-order valence-corrected chi connectivity index (χ1v) is 11.3. The van der Waals surface area contributed by atoms with E-state index in [1.54, 1.807) is 19.4 Å². The second-order valence-corrected chi connectivity index (χ2v) is 9.30. The number of fused-ring (bicyclic) bond motifs is 1. The first-order chi connectivity index (χ1) is 15.8. The lowest BCUT2D eigenvalue weighted by Gasteiger charge is -2.45. The Balaban J connectivity index is 1.61. The van der Waals surface area contributed by atoms with Crippen LogP contribution in [0.3, 0.4) is 0 Å². The molecule has 0 unspecified atom stereocenters. The van der Waals surface area contributed by atoms with Crippen molar-refractivity contribution in [1.29, 1.82) is 5.41 Å². The molecule has 2 atom stereocenters. The molecule has 7 nitrogen and oxygen atoms in total. The number of amides is 1. The average molecular weight is 459 g/mol. The summed E-state index contributed by atoms with van der Waals surface area (Å²) in [6, 6.07) is 15.0. The van der Waals surface area contributed by atoms with Crippen LogP contribution in [0.1, 0.15) is 40.7 Å².